The predicted molar refractivity (Wildman–Crippen MR) is 104 cm³/mol. The third kappa shape index (κ3) is 4.68. The van der Waals surface area contributed by atoms with E-state index in [1.54, 1.807) is 18.2 Å². The van der Waals surface area contributed by atoms with E-state index in [4.69, 9.17) is 4.74 Å². The second kappa shape index (κ2) is 8.57. The number of amides is 1. The van der Waals surface area contributed by atoms with Gasteiger partial charge in [-0.3, -0.25) is 19.6 Å². The summed E-state index contributed by atoms with van der Waals surface area (Å²) >= 11 is 0. The van der Waals surface area contributed by atoms with Gasteiger partial charge in [-0.15, -0.1) is 0 Å². The number of para-hydroxylation sites is 2. The molecule has 0 fully saturated rings. The average molecular weight is 408 g/mol. The lowest BCUT2D eigenvalue weighted by Crippen LogP contribution is -2.34. The molecular formula is C17H20N4O6S. The lowest BCUT2D eigenvalue weighted by Gasteiger charge is -2.22. The smallest absolute Gasteiger partial charge is 0.270 e. The van der Waals surface area contributed by atoms with Gasteiger partial charge >= 0.3 is 0 Å². The molecule has 0 atom stereocenters. The summed E-state index contributed by atoms with van der Waals surface area (Å²) in [6.45, 7) is -0.133. The largest absolute Gasteiger partial charge is 0.495 e. The number of sulfonamides is 1. The molecule has 2 aromatic carbocycles. The second-order valence-electron chi connectivity index (χ2n) is 5.74. The molecule has 28 heavy (non-hydrogen) atoms. The van der Waals surface area contributed by atoms with Crippen molar-refractivity contribution in [1.29, 1.82) is 0 Å². The zero-order valence-electron chi connectivity index (χ0n) is 15.5. The first kappa shape index (κ1) is 21.0. The first-order valence-electron chi connectivity index (χ1n) is 8.05. The topological polar surface area (TPSA) is 131 Å². The van der Waals surface area contributed by atoms with E-state index in [0.717, 1.165) is 6.07 Å². The van der Waals surface area contributed by atoms with Crippen molar-refractivity contribution < 1.29 is 22.9 Å². The Balaban J connectivity index is 2.54. The van der Waals surface area contributed by atoms with Gasteiger partial charge in [-0.2, -0.15) is 0 Å². The number of hydrogen-bond donors (Lipinski definition) is 2. The van der Waals surface area contributed by atoms with E-state index in [2.05, 4.69) is 10.0 Å². The van der Waals surface area contributed by atoms with Crippen LogP contribution in [0.25, 0.3) is 0 Å². The number of benzene rings is 2. The van der Waals surface area contributed by atoms with Crippen molar-refractivity contribution in [2.75, 3.05) is 37.4 Å². The maximum atomic E-state index is 13.0. The molecular weight excluding hydrogens is 388 g/mol. The molecule has 2 aromatic rings. The molecule has 2 N–H and O–H groups in total. The number of methoxy groups -OCH3 is 1. The molecule has 1 amide bonds. The van der Waals surface area contributed by atoms with E-state index >= 15 is 0 Å². The molecule has 0 aliphatic heterocycles. The second-order valence-corrected chi connectivity index (χ2v) is 7.39. The summed E-state index contributed by atoms with van der Waals surface area (Å²) in [6, 6.07) is 9.79. The molecule has 0 saturated heterocycles. The van der Waals surface area contributed by atoms with Gasteiger partial charge in [-0.05, 0) is 18.2 Å². The maximum Gasteiger partial charge on any atom is 0.270 e. The number of nitro groups is 1. The molecule has 0 saturated carbocycles. The molecule has 2 rings (SSSR count). The fourth-order valence-corrected chi connectivity index (χ4v) is 3.80. The van der Waals surface area contributed by atoms with Crippen LogP contribution in [0.3, 0.4) is 0 Å². The number of rotatable bonds is 8. The standard InChI is InChI=1S/C17H20N4O6S/c1-18-17(22)11-20(2)14-9-8-12(21(23)24)10-16(14)28(25,26)19-13-6-4-5-7-15(13)27-3/h4-10,19H,11H2,1-3H3,(H,18,22). The van der Waals surface area contributed by atoms with Crippen LogP contribution in [0, 0.1) is 10.1 Å². The zero-order chi connectivity index (χ0) is 20.9. The number of nitro benzene ring substituents is 1. The van der Waals surface area contributed by atoms with Gasteiger partial charge in [0.1, 0.15) is 10.6 Å². The molecule has 0 radical (unpaired) electrons. The molecule has 0 heterocycles. The average Bonchev–Trinajstić information content (AvgIpc) is 2.67. The maximum absolute atomic E-state index is 13.0. The number of likely N-dealkylation sites (N-methyl/N-ethyl adjacent to an activating group) is 2. The molecule has 11 heteroatoms. The lowest BCUT2D eigenvalue weighted by molar-refractivity contribution is -0.385. The number of carbonyl (C=O) groups excluding carboxylic acids is 1. The SMILES string of the molecule is CNC(=O)CN(C)c1ccc([N+](=O)[O-])cc1S(=O)(=O)Nc1ccccc1OC. The highest BCUT2D eigenvalue weighted by molar-refractivity contribution is 7.93. The van der Waals surface area contributed by atoms with E-state index in [0.29, 0.717) is 0 Å². The fourth-order valence-electron chi connectivity index (χ4n) is 2.46. The van der Waals surface area contributed by atoms with E-state index in [9.17, 15) is 23.3 Å². The summed E-state index contributed by atoms with van der Waals surface area (Å²) in [6.07, 6.45) is 0. The third-order valence-corrected chi connectivity index (χ3v) is 5.26. The molecule has 0 aromatic heterocycles. The number of nitrogens with one attached hydrogen (secondary N) is 2. The van der Waals surface area contributed by atoms with Crippen LogP contribution in [0.2, 0.25) is 0 Å². The minimum absolute atomic E-state index is 0.133. The van der Waals surface area contributed by atoms with Gasteiger partial charge in [0.05, 0.1) is 30.0 Å². The van der Waals surface area contributed by atoms with Gasteiger partial charge in [0.2, 0.25) is 5.91 Å². The van der Waals surface area contributed by atoms with Crippen molar-refractivity contribution in [3.05, 3.63) is 52.6 Å². The van der Waals surface area contributed by atoms with Gasteiger partial charge < -0.3 is 15.0 Å². The molecule has 0 unspecified atom stereocenters. The summed E-state index contributed by atoms with van der Waals surface area (Å²) in [4.78, 5) is 23.2. The van der Waals surface area contributed by atoms with Crippen LogP contribution in [-0.4, -0.2) is 47.0 Å². The number of ether oxygens (including phenoxy) is 1. The quantitative estimate of drug-likeness (QED) is 0.501. The minimum atomic E-state index is -4.23. The monoisotopic (exact) mass is 408 g/mol. The summed E-state index contributed by atoms with van der Waals surface area (Å²) in [5.41, 5.74) is -0.0782. The first-order valence-corrected chi connectivity index (χ1v) is 9.54. The van der Waals surface area contributed by atoms with Crippen molar-refractivity contribution in [3.63, 3.8) is 0 Å². The third-order valence-electron chi connectivity index (χ3n) is 3.87. The summed E-state index contributed by atoms with van der Waals surface area (Å²) in [7, 11) is 0.128. The van der Waals surface area contributed by atoms with Crippen LogP contribution in [0.1, 0.15) is 0 Å². The van der Waals surface area contributed by atoms with Crippen molar-refractivity contribution in [2.45, 2.75) is 4.90 Å². The van der Waals surface area contributed by atoms with Crippen molar-refractivity contribution >= 4 is 33.0 Å². The highest BCUT2D eigenvalue weighted by Crippen LogP contribution is 2.32. The van der Waals surface area contributed by atoms with Crippen molar-refractivity contribution in [2.24, 2.45) is 0 Å². The summed E-state index contributed by atoms with van der Waals surface area (Å²) in [5.74, 6) is -0.0568. The predicted octanol–water partition coefficient (Wildman–Crippen LogP) is 1.59. The van der Waals surface area contributed by atoms with Gasteiger partial charge in [0, 0.05) is 26.2 Å². The molecule has 0 bridgehead atoms. The van der Waals surface area contributed by atoms with Gasteiger partial charge in [0.25, 0.3) is 15.7 Å². The Labute approximate surface area is 162 Å². The highest BCUT2D eigenvalue weighted by Gasteiger charge is 2.25. The number of hydrogen-bond acceptors (Lipinski definition) is 7. The Morgan fingerprint density at radius 1 is 1.25 bits per heavy atom. The van der Waals surface area contributed by atoms with Crippen molar-refractivity contribution in [3.8, 4) is 5.75 Å². The van der Waals surface area contributed by atoms with Crippen LogP contribution in [0.5, 0.6) is 5.75 Å². The summed E-state index contributed by atoms with van der Waals surface area (Å²) < 4.78 is 33.5. The van der Waals surface area contributed by atoms with Gasteiger partial charge in [0.15, 0.2) is 0 Å². The van der Waals surface area contributed by atoms with Crippen LogP contribution in [0.4, 0.5) is 17.1 Å². The molecule has 0 spiro atoms. The molecule has 150 valence electrons. The minimum Gasteiger partial charge on any atom is -0.495 e. The normalized spacial score (nSPS) is 10.8. The Morgan fingerprint density at radius 3 is 2.54 bits per heavy atom. The Hall–Kier alpha value is -3.34. The Bertz CT molecular complexity index is 993. The zero-order valence-corrected chi connectivity index (χ0v) is 16.3. The highest BCUT2D eigenvalue weighted by atomic mass is 32.2. The Kier molecular flexibility index (Phi) is 6.41. The van der Waals surface area contributed by atoms with Crippen LogP contribution >= 0.6 is 0 Å². The Morgan fingerprint density at radius 2 is 1.93 bits per heavy atom. The van der Waals surface area contributed by atoms with Crippen LogP contribution in [0.15, 0.2) is 47.4 Å². The molecule has 0 aliphatic carbocycles. The summed E-state index contributed by atoms with van der Waals surface area (Å²) in [5, 5.41) is 13.6. The van der Waals surface area contributed by atoms with Crippen molar-refractivity contribution in [1.82, 2.24) is 5.32 Å². The lowest BCUT2D eigenvalue weighted by atomic mass is 10.2. The molecule has 10 nitrogen and oxygen atoms in total. The number of non-ortho nitro benzene ring substituents is 1. The fraction of sp³-hybridized carbons (Fsp3) is 0.235. The van der Waals surface area contributed by atoms with E-state index < -0.39 is 20.6 Å². The van der Waals surface area contributed by atoms with Gasteiger partial charge in [-0.1, -0.05) is 12.1 Å². The number of carbonyl (C=O) groups is 1. The molecule has 0 aliphatic rings. The van der Waals surface area contributed by atoms with Gasteiger partial charge in [-0.25, -0.2) is 8.42 Å². The number of nitrogens with zero attached hydrogens (tertiary/aromatic N) is 2. The van der Waals surface area contributed by atoms with E-state index in [1.165, 1.54) is 44.3 Å². The van der Waals surface area contributed by atoms with Crippen LogP contribution in [-0.2, 0) is 14.8 Å². The van der Waals surface area contributed by atoms with E-state index in [1.807, 2.05) is 0 Å². The first-order chi connectivity index (χ1) is 13.2. The van der Waals surface area contributed by atoms with E-state index in [-0.39, 0.29) is 34.5 Å². The number of anilines is 2. The van der Waals surface area contributed by atoms with Crippen LogP contribution < -0.4 is 19.7 Å².